The minimum absolute atomic E-state index is 0.110. The van der Waals surface area contributed by atoms with Crippen molar-refractivity contribution in [3.63, 3.8) is 0 Å². The lowest BCUT2D eigenvalue weighted by Crippen LogP contribution is -2.32. The number of benzene rings is 4. The Morgan fingerprint density at radius 2 is 1.15 bits per heavy atom. The number of ether oxygens (including phenoxy) is 3. The molecule has 0 spiro atoms. The van der Waals surface area contributed by atoms with E-state index in [-0.39, 0.29) is 12.5 Å². The summed E-state index contributed by atoms with van der Waals surface area (Å²) in [5.41, 5.74) is 2.91. The molecular formula is C38H38Cl2N4O6S2. The SMILES string of the molecule is CC(=O)OC(C)(C)Cn1c(SCCOc2ccc(Cl)cc2)nc2ccccc21.O=C(O)Cn1c(SCCOc2ccc(Cl)cc2)nc2ccccc21. The van der Waals surface area contributed by atoms with E-state index in [1.54, 1.807) is 40.6 Å². The predicted octanol–water partition coefficient (Wildman–Crippen LogP) is 9.15. The number of halogens is 2. The van der Waals surface area contributed by atoms with E-state index in [9.17, 15) is 9.59 Å². The monoisotopic (exact) mass is 780 g/mol. The van der Waals surface area contributed by atoms with Crippen LogP contribution in [-0.2, 0) is 27.4 Å². The fourth-order valence-corrected chi connectivity index (χ4v) is 7.13. The van der Waals surface area contributed by atoms with Crippen LogP contribution in [0.1, 0.15) is 20.8 Å². The smallest absolute Gasteiger partial charge is 0.323 e. The van der Waals surface area contributed by atoms with Gasteiger partial charge in [0.25, 0.3) is 0 Å². The average Bonchev–Trinajstić information content (AvgIpc) is 3.62. The van der Waals surface area contributed by atoms with Crippen LogP contribution in [0.15, 0.2) is 107 Å². The summed E-state index contributed by atoms with van der Waals surface area (Å²) < 4.78 is 20.7. The summed E-state index contributed by atoms with van der Waals surface area (Å²) in [7, 11) is 0. The lowest BCUT2D eigenvalue weighted by atomic mass is 10.1. The zero-order valence-corrected chi connectivity index (χ0v) is 32.0. The maximum Gasteiger partial charge on any atom is 0.323 e. The number of imidazole rings is 2. The number of aliphatic carboxylic acids is 1. The summed E-state index contributed by atoms with van der Waals surface area (Å²) in [6, 6.07) is 30.0. The Labute approximate surface area is 320 Å². The van der Waals surface area contributed by atoms with Crippen LogP contribution < -0.4 is 9.47 Å². The Hall–Kier alpha value is -4.36. The fourth-order valence-electron chi connectivity index (χ4n) is 5.22. The number of rotatable bonds is 15. The van der Waals surface area contributed by atoms with E-state index in [0.29, 0.717) is 40.7 Å². The minimum atomic E-state index is -0.891. The number of thioether (sulfide) groups is 2. The van der Waals surface area contributed by atoms with Crippen molar-refractivity contribution in [2.75, 3.05) is 24.7 Å². The Balaban J connectivity index is 0.000000203. The van der Waals surface area contributed by atoms with Gasteiger partial charge in [0.1, 0.15) is 23.6 Å². The molecule has 10 nitrogen and oxygen atoms in total. The van der Waals surface area contributed by atoms with Gasteiger partial charge in [-0.05, 0) is 86.6 Å². The first-order chi connectivity index (χ1) is 25.0. The number of carbonyl (C=O) groups is 2. The molecular weight excluding hydrogens is 743 g/mol. The minimum Gasteiger partial charge on any atom is -0.493 e. The molecule has 272 valence electrons. The van der Waals surface area contributed by atoms with E-state index < -0.39 is 11.6 Å². The molecule has 0 saturated carbocycles. The molecule has 6 aromatic rings. The van der Waals surface area contributed by atoms with E-state index in [1.807, 2.05) is 86.6 Å². The largest absolute Gasteiger partial charge is 0.493 e. The first-order valence-electron chi connectivity index (χ1n) is 16.3. The van der Waals surface area contributed by atoms with E-state index in [1.165, 1.54) is 18.7 Å². The molecule has 0 fully saturated rings. The van der Waals surface area contributed by atoms with E-state index >= 15 is 0 Å². The number of para-hydroxylation sites is 4. The van der Waals surface area contributed by atoms with E-state index in [0.717, 1.165) is 44.5 Å². The zero-order chi connectivity index (χ0) is 37.1. The summed E-state index contributed by atoms with van der Waals surface area (Å²) in [6.45, 7) is 6.68. The third kappa shape index (κ3) is 11.3. The predicted molar refractivity (Wildman–Crippen MR) is 208 cm³/mol. The molecule has 0 aliphatic heterocycles. The Morgan fingerprint density at radius 3 is 1.62 bits per heavy atom. The van der Waals surface area contributed by atoms with Gasteiger partial charge in [0.2, 0.25) is 0 Å². The van der Waals surface area contributed by atoms with Gasteiger partial charge >= 0.3 is 11.9 Å². The van der Waals surface area contributed by atoms with Gasteiger partial charge in [-0.15, -0.1) is 0 Å². The Bertz CT molecular complexity index is 2100. The lowest BCUT2D eigenvalue weighted by molar-refractivity contribution is -0.154. The number of hydrogen-bond acceptors (Lipinski definition) is 9. The lowest BCUT2D eigenvalue weighted by Gasteiger charge is -2.26. The highest BCUT2D eigenvalue weighted by Crippen LogP contribution is 2.28. The van der Waals surface area contributed by atoms with Crippen LogP contribution in [0.25, 0.3) is 22.1 Å². The van der Waals surface area contributed by atoms with Gasteiger partial charge in [0.05, 0.1) is 41.8 Å². The fraction of sp³-hybridized carbons (Fsp3) is 0.263. The Kier molecular flexibility index (Phi) is 13.8. The number of esters is 1. The van der Waals surface area contributed by atoms with Crippen LogP contribution in [0, 0.1) is 0 Å². The maximum atomic E-state index is 11.4. The molecule has 0 bridgehead atoms. The van der Waals surface area contributed by atoms with Crippen LogP contribution in [0.3, 0.4) is 0 Å². The van der Waals surface area contributed by atoms with Crippen molar-refractivity contribution in [2.45, 2.75) is 49.8 Å². The molecule has 0 atom stereocenters. The third-order valence-electron chi connectivity index (χ3n) is 7.29. The molecule has 0 aliphatic rings. The number of hydrogen-bond donors (Lipinski definition) is 1. The van der Waals surface area contributed by atoms with Crippen LogP contribution in [0.2, 0.25) is 10.0 Å². The topological polar surface area (TPSA) is 118 Å². The molecule has 1 N–H and O–H groups in total. The summed E-state index contributed by atoms with van der Waals surface area (Å²) in [4.78, 5) is 31.8. The summed E-state index contributed by atoms with van der Waals surface area (Å²) in [5.74, 6) is 1.75. The van der Waals surface area contributed by atoms with Crippen molar-refractivity contribution in [1.29, 1.82) is 0 Å². The number of carboxylic acid groups (broad SMARTS) is 1. The van der Waals surface area contributed by atoms with Gasteiger partial charge in [-0.1, -0.05) is 71.0 Å². The number of carboxylic acids is 1. The Morgan fingerprint density at radius 1 is 0.712 bits per heavy atom. The molecule has 2 aromatic heterocycles. The zero-order valence-electron chi connectivity index (χ0n) is 28.8. The number of aromatic nitrogens is 4. The number of carbonyl (C=O) groups excluding carboxylic acids is 1. The molecule has 0 aliphatic carbocycles. The summed E-state index contributed by atoms with van der Waals surface area (Å²) >= 11 is 14.8. The third-order valence-corrected chi connectivity index (χ3v) is 9.67. The molecule has 0 unspecified atom stereocenters. The van der Waals surface area contributed by atoms with Crippen molar-refractivity contribution in [3.8, 4) is 11.5 Å². The first-order valence-corrected chi connectivity index (χ1v) is 19.0. The quantitative estimate of drug-likeness (QED) is 0.0614. The van der Waals surface area contributed by atoms with Crippen LogP contribution in [0.5, 0.6) is 11.5 Å². The van der Waals surface area contributed by atoms with Crippen molar-refractivity contribution in [2.24, 2.45) is 0 Å². The standard InChI is InChI=1S/C21H23ClN2O3S.C17H15ClN2O3S/c1-15(25)27-21(2,3)14-24-19-7-5-4-6-18(19)23-20(24)28-13-12-26-17-10-8-16(22)9-11-17;18-12-5-7-13(8-6-12)23-9-10-24-17-19-14-3-1-2-4-15(14)20(17)11-16(21)22/h4-11H,12-14H2,1-3H3;1-8H,9-11H2,(H,21,22). The number of fused-ring (bicyclic) bond motifs is 2. The van der Waals surface area contributed by atoms with Gasteiger partial charge in [-0.2, -0.15) is 0 Å². The second kappa shape index (κ2) is 18.4. The van der Waals surface area contributed by atoms with E-state index in [2.05, 4.69) is 9.55 Å². The molecule has 6 rings (SSSR count). The average molecular weight is 782 g/mol. The maximum absolute atomic E-state index is 11.4. The second-order valence-corrected chi connectivity index (χ2v) is 15.0. The molecule has 52 heavy (non-hydrogen) atoms. The summed E-state index contributed by atoms with van der Waals surface area (Å²) in [5, 5.41) is 12.0. The molecule has 2 heterocycles. The van der Waals surface area contributed by atoms with Crippen molar-refractivity contribution in [3.05, 3.63) is 107 Å². The first kappa shape index (κ1) is 38.9. The number of nitrogens with zero attached hydrogens (tertiary/aromatic N) is 4. The van der Waals surface area contributed by atoms with E-state index in [4.69, 9.17) is 47.5 Å². The van der Waals surface area contributed by atoms with Gasteiger partial charge in [0.15, 0.2) is 10.3 Å². The van der Waals surface area contributed by atoms with Gasteiger partial charge < -0.3 is 28.5 Å². The highest BCUT2D eigenvalue weighted by Gasteiger charge is 2.25. The molecule has 0 radical (unpaired) electrons. The van der Waals surface area contributed by atoms with Crippen molar-refractivity contribution in [1.82, 2.24) is 19.1 Å². The van der Waals surface area contributed by atoms with Crippen LogP contribution in [-0.4, -0.2) is 66.5 Å². The van der Waals surface area contributed by atoms with Crippen molar-refractivity contribution >= 4 is 80.7 Å². The normalized spacial score (nSPS) is 11.2. The summed E-state index contributed by atoms with van der Waals surface area (Å²) in [6.07, 6.45) is 0. The molecule has 0 amide bonds. The van der Waals surface area contributed by atoms with Gasteiger partial charge in [0, 0.05) is 28.5 Å². The van der Waals surface area contributed by atoms with Crippen molar-refractivity contribution < 1.29 is 28.9 Å². The highest BCUT2D eigenvalue weighted by molar-refractivity contribution is 7.99. The van der Waals surface area contributed by atoms with Crippen LogP contribution >= 0.6 is 46.7 Å². The van der Waals surface area contributed by atoms with Crippen LogP contribution in [0.4, 0.5) is 0 Å². The molecule has 4 aromatic carbocycles. The van der Waals surface area contributed by atoms with Gasteiger partial charge in [-0.3, -0.25) is 9.59 Å². The molecule has 14 heteroatoms. The van der Waals surface area contributed by atoms with Gasteiger partial charge in [-0.25, -0.2) is 9.97 Å². The molecule has 0 saturated heterocycles. The highest BCUT2D eigenvalue weighted by atomic mass is 35.5. The second-order valence-electron chi connectivity index (χ2n) is 12.0.